The number of amides is 1. The van der Waals surface area contributed by atoms with Crippen LogP contribution in [0.1, 0.15) is 16.9 Å². The molecule has 2 heterocycles. The van der Waals surface area contributed by atoms with E-state index in [2.05, 4.69) is 10.3 Å². The number of carbonyl (C=O) groups is 1. The molecule has 1 aromatic carbocycles. The SMILES string of the molecule is Cc1cc(Cl)c2oc(CNC(=O)/C=C/c3ccc(N)nc3)cc2c1. The minimum atomic E-state index is -0.227. The van der Waals surface area contributed by atoms with E-state index in [-0.39, 0.29) is 12.5 Å². The van der Waals surface area contributed by atoms with Gasteiger partial charge in [-0.15, -0.1) is 0 Å². The Morgan fingerprint density at radius 2 is 2.21 bits per heavy atom. The van der Waals surface area contributed by atoms with E-state index in [9.17, 15) is 4.79 Å². The zero-order valence-electron chi connectivity index (χ0n) is 13.0. The van der Waals surface area contributed by atoms with Crippen LogP contribution in [0.3, 0.4) is 0 Å². The number of pyridine rings is 1. The van der Waals surface area contributed by atoms with Crippen molar-refractivity contribution in [2.75, 3.05) is 5.73 Å². The van der Waals surface area contributed by atoms with Gasteiger partial charge in [0, 0.05) is 17.7 Å². The number of nitrogens with one attached hydrogen (secondary N) is 1. The van der Waals surface area contributed by atoms with Gasteiger partial charge in [-0.2, -0.15) is 0 Å². The minimum absolute atomic E-state index is 0.227. The van der Waals surface area contributed by atoms with Crippen molar-refractivity contribution in [2.24, 2.45) is 0 Å². The Bertz CT molecular complexity index is 914. The fourth-order valence-electron chi connectivity index (χ4n) is 2.31. The first kappa shape index (κ1) is 16.1. The molecule has 0 bridgehead atoms. The molecule has 0 radical (unpaired) electrons. The number of hydrogen-bond acceptors (Lipinski definition) is 4. The molecule has 3 N–H and O–H groups in total. The van der Waals surface area contributed by atoms with Crippen LogP contribution in [0.15, 0.2) is 47.0 Å². The summed E-state index contributed by atoms with van der Waals surface area (Å²) >= 11 is 6.16. The van der Waals surface area contributed by atoms with E-state index in [1.165, 1.54) is 6.08 Å². The number of hydrogen-bond donors (Lipinski definition) is 2. The van der Waals surface area contributed by atoms with Gasteiger partial charge in [0.25, 0.3) is 0 Å². The molecule has 122 valence electrons. The molecule has 3 rings (SSSR count). The van der Waals surface area contributed by atoms with E-state index in [1.54, 1.807) is 24.4 Å². The first-order valence-corrected chi connectivity index (χ1v) is 7.75. The molecule has 24 heavy (non-hydrogen) atoms. The lowest BCUT2D eigenvalue weighted by Crippen LogP contribution is -2.19. The molecular formula is C18H16ClN3O2. The number of carbonyl (C=O) groups excluding carboxylic acids is 1. The number of rotatable bonds is 4. The topological polar surface area (TPSA) is 81.2 Å². The maximum atomic E-state index is 11.9. The van der Waals surface area contributed by atoms with E-state index >= 15 is 0 Å². The zero-order valence-corrected chi connectivity index (χ0v) is 13.8. The molecule has 0 unspecified atom stereocenters. The molecule has 1 amide bonds. The van der Waals surface area contributed by atoms with Crippen LogP contribution in [0.5, 0.6) is 0 Å². The van der Waals surface area contributed by atoms with Gasteiger partial charge in [-0.05, 0) is 54.5 Å². The van der Waals surface area contributed by atoms with E-state index in [4.69, 9.17) is 21.8 Å². The van der Waals surface area contributed by atoms with Gasteiger partial charge in [0.2, 0.25) is 5.91 Å². The third-order valence-corrected chi connectivity index (χ3v) is 3.72. The normalized spacial score (nSPS) is 11.2. The van der Waals surface area contributed by atoms with Gasteiger partial charge < -0.3 is 15.5 Å². The second-order valence-corrected chi connectivity index (χ2v) is 5.85. The summed E-state index contributed by atoms with van der Waals surface area (Å²) < 4.78 is 5.69. The summed E-state index contributed by atoms with van der Waals surface area (Å²) in [5, 5.41) is 4.26. The van der Waals surface area contributed by atoms with Crippen molar-refractivity contribution < 1.29 is 9.21 Å². The highest BCUT2D eigenvalue weighted by molar-refractivity contribution is 6.34. The highest BCUT2D eigenvalue weighted by Crippen LogP contribution is 2.28. The summed E-state index contributed by atoms with van der Waals surface area (Å²) in [6.45, 7) is 2.25. The van der Waals surface area contributed by atoms with Crippen molar-refractivity contribution in [3.63, 3.8) is 0 Å². The highest BCUT2D eigenvalue weighted by Gasteiger charge is 2.08. The van der Waals surface area contributed by atoms with Gasteiger partial charge in [-0.3, -0.25) is 4.79 Å². The number of anilines is 1. The largest absolute Gasteiger partial charge is 0.458 e. The molecule has 2 aromatic heterocycles. The van der Waals surface area contributed by atoms with Crippen molar-refractivity contribution in [3.8, 4) is 0 Å². The molecule has 0 saturated carbocycles. The molecule has 0 spiro atoms. The fourth-order valence-corrected chi connectivity index (χ4v) is 2.63. The van der Waals surface area contributed by atoms with Crippen LogP contribution in [0, 0.1) is 6.92 Å². The number of nitrogen functional groups attached to an aromatic ring is 1. The molecule has 3 aromatic rings. The van der Waals surface area contributed by atoms with Gasteiger partial charge in [-0.1, -0.05) is 11.6 Å². The van der Waals surface area contributed by atoms with Crippen molar-refractivity contribution in [1.29, 1.82) is 0 Å². The Kier molecular flexibility index (Phi) is 4.53. The first-order valence-electron chi connectivity index (χ1n) is 7.37. The number of nitrogens with zero attached hydrogens (tertiary/aromatic N) is 1. The third kappa shape index (κ3) is 3.75. The van der Waals surface area contributed by atoms with Gasteiger partial charge >= 0.3 is 0 Å². The second-order valence-electron chi connectivity index (χ2n) is 5.45. The standard InChI is InChI=1S/C18H16ClN3O2/c1-11-6-13-8-14(24-18(13)15(19)7-11)10-22-17(23)5-3-12-2-4-16(20)21-9-12/h2-9H,10H2,1H3,(H2,20,21)(H,22,23)/b5-3+. The molecule has 6 heteroatoms. The quantitative estimate of drug-likeness (QED) is 0.709. The van der Waals surface area contributed by atoms with Crippen molar-refractivity contribution in [2.45, 2.75) is 13.5 Å². The molecule has 0 fully saturated rings. The summed E-state index contributed by atoms with van der Waals surface area (Å²) in [7, 11) is 0. The molecular weight excluding hydrogens is 326 g/mol. The second kappa shape index (κ2) is 6.76. The van der Waals surface area contributed by atoms with Gasteiger partial charge in [-0.25, -0.2) is 4.98 Å². The molecule has 5 nitrogen and oxygen atoms in total. The number of fused-ring (bicyclic) bond motifs is 1. The number of nitrogens with two attached hydrogens (primary N) is 1. The molecule has 0 saturated heterocycles. The van der Waals surface area contributed by atoms with Gasteiger partial charge in [0.05, 0.1) is 11.6 Å². The predicted octanol–water partition coefficient (Wildman–Crippen LogP) is 3.70. The Morgan fingerprint density at radius 3 is 2.96 bits per heavy atom. The predicted molar refractivity (Wildman–Crippen MR) is 95.5 cm³/mol. The van der Waals surface area contributed by atoms with Crippen molar-refractivity contribution in [3.05, 3.63) is 64.5 Å². The number of furan rings is 1. The average Bonchev–Trinajstić information content (AvgIpc) is 2.95. The monoisotopic (exact) mass is 341 g/mol. The first-order chi connectivity index (χ1) is 11.5. The smallest absolute Gasteiger partial charge is 0.244 e. The van der Waals surface area contributed by atoms with E-state index in [0.29, 0.717) is 22.2 Å². The van der Waals surface area contributed by atoms with Crippen LogP contribution in [0.2, 0.25) is 5.02 Å². The Morgan fingerprint density at radius 1 is 1.38 bits per heavy atom. The van der Waals surface area contributed by atoms with E-state index in [1.807, 2.05) is 25.1 Å². The maximum absolute atomic E-state index is 11.9. The van der Waals surface area contributed by atoms with Crippen LogP contribution in [0.4, 0.5) is 5.82 Å². The third-order valence-electron chi connectivity index (χ3n) is 3.44. The van der Waals surface area contributed by atoms with Crippen molar-refractivity contribution in [1.82, 2.24) is 10.3 Å². The van der Waals surface area contributed by atoms with Gasteiger partial charge in [0.15, 0.2) is 5.58 Å². The Labute approximate surface area is 144 Å². The van der Waals surface area contributed by atoms with Crippen LogP contribution in [-0.4, -0.2) is 10.9 Å². The highest BCUT2D eigenvalue weighted by atomic mass is 35.5. The Balaban J connectivity index is 1.64. The summed E-state index contributed by atoms with van der Waals surface area (Å²) in [5.74, 6) is 0.860. The van der Waals surface area contributed by atoms with Gasteiger partial charge in [0.1, 0.15) is 11.6 Å². The molecule has 0 aliphatic heterocycles. The summed E-state index contributed by atoms with van der Waals surface area (Å²) in [6.07, 6.45) is 4.70. The van der Waals surface area contributed by atoms with Crippen molar-refractivity contribution >= 4 is 40.4 Å². The number of benzene rings is 1. The lowest BCUT2D eigenvalue weighted by atomic mass is 10.2. The van der Waals surface area contributed by atoms with Crippen LogP contribution < -0.4 is 11.1 Å². The average molecular weight is 342 g/mol. The summed E-state index contributed by atoms with van der Waals surface area (Å²) in [4.78, 5) is 15.8. The summed E-state index contributed by atoms with van der Waals surface area (Å²) in [5.41, 5.74) is 8.00. The van der Waals surface area contributed by atoms with E-state index in [0.717, 1.165) is 16.5 Å². The molecule has 0 aliphatic rings. The Hall–Kier alpha value is -2.79. The van der Waals surface area contributed by atoms with E-state index < -0.39 is 0 Å². The molecule has 0 aliphatic carbocycles. The zero-order chi connectivity index (χ0) is 17.1. The summed E-state index contributed by atoms with van der Waals surface area (Å²) in [6, 6.07) is 9.18. The maximum Gasteiger partial charge on any atom is 0.244 e. The van der Waals surface area contributed by atoms with Crippen LogP contribution in [0.25, 0.3) is 17.0 Å². The lowest BCUT2D eigenvalue weighted by Gasteiger charge is -1.99. The molecule has 0 atom stereocenters. The number of aryl methyl sites for hydroxylation is 1. The lowest BCUT2D eigenvalue weighted by molar-refractivity contribution is -0.116. The fraction of sp³-hybridized carbons (Fsp3) is 0.111. The van der Waals surface area contributed by atoms with Crippen LogP contribution in [-0.2, 0) is 11.3 Å². The number of aromatic nitrogens is 1. The van der Waals surface area contributed by atoms with Crippen LogP contribution >= 0.6 is 11.6 Å². The minimum Gasteiger partial charge on any atom is -0.458 e. The number of halogens is 1.